The van der Waals surface area contributed by atoms with Gasteiger partial charge < -0.3 is 19.5 Å². The van der Waals surface area contributed by atoms with Crippen molar-refractivity contribution in [2.75, 3.05) is 26.6 Å². The molecule has 118 valence electrons. The molecule has 1 rings (SSSR count). The fourth-order valence-electron chi connectivity index (χ4n) is 2.16. The number of carbonyl (C=O) groups excluding carboxylic acids is 1. The van der Waals surface area contributed by atoms with Crippen LogP contribution in [0.2, 0.25) is 0 Å². The summed E-state index contributed by atoms with van der Waals surface area (Å²) in [5.74, 6) is 0.311. The lowest BCUT2D eigenvalue weighted by Gasteiger charge is -2.36. The average molecular weight is 295 g/mol. The summed E-state index contributed by atoms with van der Waals surface area (Å²) in [4.78, 5) is 12.0. The normalized spacial score (nSPS) is 14.2. The van der Waals surface area contributed by atoms with E-state index in [-0.39, 0.29) is 11.5 Å². The standard InChI is InChI=1S/C16H25NO4/c1-16(2,3)14(13(20-5)15(18)21-6)17-11-9-7-8-10-12(11)19-4/h7-10,13-14,17H,1-6H3/t13-,14+/m1/s1. The quantitative estimate of drug-likeness (QED) is 0.818. The van der Waals surface area contributed by atoms with Crippen LogP contribution in [0.1, 0.15) is 20.8 Å². The maximum Gasteiger partial charge on any atom is 0.337 e. The van der Waals surface area contributed by atoms with Gasteiger partial charge in [-0.25, -0.2) is 4.79 Å². The third-order valence-electron chi connectivity index (χ3n) is 3.34. The van der Waals surface area contributed by atoms with E-state index in [1.54, 1.807) is 7.11 Å². The molecule has 0 fully saturated rings. The molecule has 2 atom stereocenters. The van der Waals surface area contributed by atoms with Crippen molar-refractivity contribution < 1.29 is 19.0 Å². The predicted octanol–water partition coefficient (Wildman–Crippen LogP) is 2.71. The molecule has 0 amide bonds. The summed E-state index contributed by atoms with van der Waals surface area (Å²) in [7, 11) is 4.47. The van der Waals surface area contributed by atoms with Crippen molar-refractivity contribution in [1.82, 2.24) is 0 Å². The molecule has 21 heavy (non-hydrogen) atoms. The van der Waals surface area contributed by atoms with Gasteiger partial charge in [-0.2, -0.15) is 0 Å². The van der Waals surface area contributed by atoms with Gasteiger partial charge in [0.25, 0.3) is 0 Å². The maximum atomic E-state index is 12.0. The van der Waals surface area contributed by atoms with Crippen LogP contribution in [0.25, 0.3) is 0 Å². The van der Waals surface area contributed by atoms with Gasteiger partial charge in [0.05, 0.1) is 25.9 Å². The van der Waals surface area contributed by atoms with Crippen molar-refractivity contribution in [1.29, 1.82) is 0 Å². The summed E-state index contributed by atoms with van der Waals surface area (Å²) in [6.45, 7) is 6.11. The number of benzene rings is 1. The van der Waals surface area contributed by atoms with E-state index < -0.39 is 12.1 Å². The SMILES string of the molecule is COC(=O)[C@H](OC)[C@H](Nc1ccccc1OC)C(C)(C)C. The Morgan fingerprint density at radius 1 is 1.14 bits per heavy atom. The van der Waals surface area contributed by atoms with Crippen LogP contribution in [-0.4, -0.2) is 39.4 Å². The smallest absolute Gasteiger partial charge is 0.337 e. The monoisotopic (exact) mass is 295 g/mol. The molecule has 0 heterocycles. The van der Waals surface area contributed by atoms with Gasteiger partial charge in [0.15, 0.2) is 6.10 Å². The van der Waals surface area contributed by atoms with Gasteiger partial charge >= 0.3 is 5.97 Å². The van der Waals surface area contributed by atoms with Crippen LogP contribution < -0.4 is 10.1 Å². The zero-order valence-electron chi connectivity index (χ0n) is 13.6. The molecule has 0 saturated carbocycles. The lowest BCUT2D eigenvalue weighted by molar-refractivity contribution is -0.154. The highest BCUT2D eigenvalue weighted by atomic mass is 16.6. The van der Waals surface area contributed by atoms with Crippen molar-refractivity contribution >= 4 is 11.7 Å². The van der Waals surface area contributed by atoms with Gasteiger partial charge in [0, 0.05) is 7.11 Å². The average Bonchev–Trinajstić information content (AvgIpc) is 2.46. The summed E-state index contributed by atoms with van der Waals surface area (Å²) in [6, 6.07) is 7.30. The van der Waals surface area contributed by atoms with Crippen LogP contribution in [0.4, 0.5) is 5.69 Å². The van der Waals surface area contributed by atoms with Gasteiger partial charge in [-0.15, -0.1) is 0 Å². The number of hydrogen-bond acceptors (Lipinski definition) is 5. The molecule has 1 N–H and O–H groups in total. The molecule has 0 aromatic heterocycles. The molecule has 5 nitrogen and oxygen atoms in total. The largest absolute Gasteiger partial charge is 0.495 e. The van der Waals surface area contributed by atoms with E-state index >= 15 is 0 Å². The molecule has 0 radical (unpaired) electrons. The molecular weight excluding hydrogens is 270 g/mol. The topological polar surface area (TPSA) is 56.8 Å². The fraction of sp³-hybridized carbons (Fsp3) is 0.562. The Labute approximate surface area is 126 Å². The van der Waals surface area contributed by atoms with E-state index in [2.05, 4.69) is 5.32 Å². The number of ether oxygens (including phenoxy) is 3. The van der Waals surface area contributed by atoms with Gasteiger partial charge in [-0.05, 0) is 17.5 Å². The third kappa shape index (κ3) is 4.36. The molecule has 0 aliphatic carbocycles. The fourth-order valence-corrected chi connectivity index (χ4v) is 2.16. The van der Waals surface area contributed by atoms with Crippen LogP contribution in [0.15, 0.2) is 24.3 Å². The molecule has 0 aliphatic rings. The van der Waals surface area contributed by atoms with Gasteiger partial charge in [-0.1, -0.05) is 32.9 Å². The zero-order valence-corrected chi connectivity index (χ0v) is 13.6. The van der Waals surface area contributed by atoms with Gasteiger partial charge in [0.1, 0.15) is 5.75 Å². The number of para-hydroxylation sites is 2. The van der Waals surface area contributed by atoms with E-state index in [0.29, 0.717) is 5.75 Å². The molecule has 5 heteroatoms. The molecular formula is C16H25NO4. The van der Waals surface area contributed by atoms with Crippen molar-refractivity contribution in [2.45, 2.75) is 32.9 Å². The summed E-state index contributed by atoms with van der Waals surface area (Å²) in [6.07, 6.45) is -0.708. The number of rotatable bonds is 6. The third-order valence-corrected chi connectivity index (χ3v) is 3.34. The highest BCUT2D eigenvalue weighted by Crippen LogP contribution is 2.31. The van der Waals surface area contributed by atoms with Crippen molar-refractivity contribution in [2.24, 2.45) is 5.41 Å². The minimum Gasteiger partial charge on any atom is -0.495 e. The van der Waals surface area contributed by atoms with Crippen LogP contribution in [-0.2, 0) is 14.3 Å². The number of methoxy groups -OCH3 is 3. The molecule has 0 saturated heterocycles. The zero-order chi connectivity index (χ0) is 16.0. The Balaban J connectivity index is 3.12. The van der Waals surface area contributed by atoms with E-state index in [1.807, 2.05) is 45.0 Å². The highest BCUT2D eigenvalue weighted by Gasteiger charge is 2.38. The second-order valence-electron chi connectivity index (χ2n) is 5.87. The number of esters is 1. The second kappa shape index (κ2) is 7.31. The molecule has 0 unspecified atom stereocenters. The van der Waals surface area contributed by atoms with Crippen LogP contribution in [0, 0.1) is 5.41 Å². The lowest BCUT2D eigenvalue weighted by atomic mass is 9.83. The number of nitrogens with one attached hydrogen (secondary N) is 1. The summed E-state index contributed by atoms with van der Waals surface area (Å²) < 4.78 is 15.5. The summed E-state index contributed by atoms with van der Waals surface area (Å²) in [5.41, 5.74) is 0.585. The van der Waals surface area contributed by atoms with Crippen molar-refractivity contribution in [3.8, 4) is 5.75 Å². The minimum atomic E-state index is -0.708. The Morgan fingerprint density at radius 3 is 2.24 bits per heavy atom. The predicted molar refractivity (Wildman–Crippen MR) is 82.7 cm³/mol. The van der Waals surface area contributed by atoms with E-state index in [4.69, 9.17) is 14.2 Å². The maximum absolute atomic E-state index is 12.0. The van der Waals surface area contributed by atoms with Gasteiger partial charge in [0.2, 0.25) is 0 Å². The first-order valence-corrected chi connectivity index (χ1v) is 6.85. The first-order valence-electron chi connectivity index (χ1n) is 6.85. The lowest BCUT2D eigenvalue weighted by Crippen LogP contribution is -2.49. The molecule has 1 aromatic carbocycles. The minimum absolute atomic E-state index is 0.226. The van der Waals surface area contributed by atoms with Crippen LogP contribution >= 0.6 is 0 Å². The molecule has 0 spiro atoms. The molecule has 1 aromatic rings. The Kier molecular flexibility index (Phi) is 6.03. The first-order chi connectivity index (χ1) is 9.85. The molecule has 0 aliphatic heterocycles. The Morgan fingerprint density at radius 2 is 1.76 bits per heavy atom. The van der Waals surface area contributed by atoms with E-state index in [9.17, 15) is 4.79 Å². The summed E-state index contributed by atoms with van der Waals surface area (Å²) >= 11 is 0. The van der Waals surface area contributed by atoms with Crippen LogP contribution in [0.5, 0.6) is 5.75 Å². The van der Waals surface area contributed by atoms with Crippen LogP contribution in [0.3, 0.4) is 0 Å². The number of hydrogen-bond donors (Lipinski definition) is 1. The van der Waals surface area contributed by atoms with E-state index in [0.717, 1.165) is 5.69 Å². The second-order valence-corrected chi connectivity index (χ2v) is 5.87. The number of carbonyl (C=O) groups is 1. The van der Waals surface area contributed by atoms with Crippen molar-refractivity contribution in [3.05, 3.63) is 24.3 Å². The number of anilines is 1. The highest BCUT2D eigenvalue weighted by molar-refractivity contribution is 5.76. The Hall–Kier alpha value is -1.75. The van der Waals surface area contributed by atoms with E-state index in [1.165, 1.54) is 14.2 Å². The first kappa shape index (κ1) is 17.3. The Bertz CT molecular complexity index is 468. The summed E-state index contributed by atoms with van der Waals surface area (Å²) in [5, 5.41) is 3.35. The van der Waals surface area contributed by atoms with Crippen molar-refractivity contribution in [3.63, 3.8) is 0 Å². The molecule has 0 bridgehead atoms. The van der Waals surface area contributed by atoms with Gasteiger partial charge in [-0.3, -0.25) is 0 Å².